The molecule has 0 aromatic heterocycles. The van der Waals surface area contributed by atoms with Crippen LogP contribution in [0.5, 0.6) is 17.2 Å². The Morgan fingerprint density at radius 1 is 0.895 bits per heavy atom. The van der Waals surface area contributed by atoms with Gasteiger partial charge < -0.3 is 14.2 Å². The molecule has 38 heavy (non-hydrogen) atoms. The third-order valence-electron chi connectivity index (χ3n) is 5.54. The summed E-state index contributed by atoms with van der Waals surface area (Å²) in [4.78, 5) is 38.9. The summed E-state index contributed by atoms with van der Waals surface area (Å²) in [5.41, 5.74) is 2.60. The van der Waals surface area contributed by atoms with Crippen LogP contribution in [0.25, 0.3) is 6.08 Å². The van der Waals surface area contributed by atoms with E-state index in [4.69, 9.17) is 37.4 Å². The number of nitrogens with one attached hydrogen (secondary N) is 1. The van der Waals surface area contributed by atoms with E-state index in [-0.39, 0.29) is 35.2 Å². The number of anilines is 1. The van der Waals surface area contributed by atoms with Crippen molar-refractivity contribution in [2.24, 2.45) is 0 Å². The molecule has 1 fully saturated rings. The fourth-order valence-electron chi connectivity index (χ4n) is 3.93. The number of aryl methyl sites for hydroxylation is 2. The predicted octanol–water partition coefficient (Wildman–Crippen LogP) is 5.74. The zero-order valence-corrected chi connectivity index (χ0v) is 22.4. The van der Waals surface area contributed by atoms with Crippen LogP contribution in [-0.4, -0.2) is 38.2 Å². The van der Waals surface area contributed by atoms with Crippen molar-refractivity contribution in [3.63, 3.8) is 0 Å². The molecular weight excluding hydrogens is 531 g/mol. The molecule has 196 valence electrons. The van der Waals surface area contributed by atoms with Crippen LogP contribution in [0, 0.1) is 13.8 Å². The summed E-state index contributed by atoms with van der Waals surface area (Å²) < 4.78 is 17.0. The van der Waals surface area contributed by atoms with E-state index >= 15 is 0 Å². The maximum atomic E-state index is 13.1. The highest BCUT2D eigenvalue weighted by molar-refractivity contribution is 6.39. The van der Waals surface area contributed by atoms with Crippen LogP contribution in [0.2, 0.25) is 10.0 Å². The fourth-order valence-corrected chi connectivity index (χ4v) is 4.33. The highest BCUT2D eigenvalue weighted by Gasteiger charge is 2.36. The lowest BCUT2D eigenvalue weighted by Crippen LogP contribution is -2.54. The average molecular weight is 555 g/mol. The molecule has 1 aliphatic rings. The van der Waals surface area contributed by atoms with E-state index < -0.39 is 17.8 Å². The molecule has 0 atom stereocenters. The second-order valence-electron chi connectivity index (χ2n) is 8.49. The molecule has 3 aromatic rings. The van der Waals surface area contributed by atoms with Gasteiger partial charge in [0.15, 0.2) is 11.5 Å². The third kappa shape index (κ3) is 6.10. The number of carbonyl (C=O) groups is 3. The molecule has 8 nitrogen and oxygen atoms in total. The molecule has 0 aliphatic carbocycles. The number of benzene rings is 3. The van der Waals surface area contributed by atoms with Gasteiger partial charge in [-0.25, -0.2) is 9.69 Å². The predicted molar refractivity (Wildman–Crippen MR) is 145 cm³/mol. The van der Waals surface area contributed by atoms with Crippen LogP contribution >= 0.6 is 23.2 Å². The minimum atomic E-state index is -0.859. The van der Waals surface area contributed by atoms with Crippen molar-refractivity contribution in [1.82, 2.24) is 5.32 Å². The van der Waals surface area contributed by atoms with Crippen molar-refractivity contribution < 1.29 is 28.6 Å². The normalized spacial score (nSPS) is 14.5. The van der Waals surface area contributed by atoms with E-state index in [2.05, 4.69) is 11.4 Å². The van der Waals surface area contributed by atoms with E-state index in [0.717, 1.165) is 21.8 Å². The van der Waals surface area contributed by atoms with E-state index in [0.29, 0.717) is 16.3 Å². The molecule has 1 saturated heterocycles. The highest BCUT2D eigenvalue weighted by atomic mass is 35.5. The Morgan fingerprint density at radius 3 is 2.21 bits per heavy atom. The molecule has 10 heteroatoms. The van der Waals surface area contributed by atoms with Gasteiger partial charge in [0.25, 0.3) is 11.8 Å². The Kier molecular flexibility index (Phi) is 8.24. The Morgan fingerprint density at radius 2 is 1.55 bits per heavy atom. The van der Waals surface area contributed by atoms with Gasteiger partial charge in [0.05, 0.1) is 17.8 Å². The molecular formula is C28H24Cl2N2O6. The minimum Gasteiger partial charge on any atom is -0.493 e. The Labute approximate surface area is 229 Å². The maximum absolute atomic E-state index is 13.1. The number of urea groups is 1. The van der Waals surface area contributed by atoms with E-state index in [1.165, 1.54) is 43.5 Å². The number of barbiturate groups is 1. The molecule has 3 aromatic carbocycles. The molecule has 0 bridgehead atoms. The van der Waals surface area contributed by atoms with Crippen LogP contribution in [-0.2, 0) is 9.59 Å². The standard InChI is InChI=1S/C28H24Cl2N2O6/c1-16-10-17(2)12-21(11-16)37-8-9-38-25-23(30)14-18(15-24(25)36-3)13-22-26(33)31-28(35)32(27(22)34)20-6-4-19(29)5-7-20/h4-7,10-15H,8-9H2,1-3H3,(H,31,33,35)/b22-13-. The lowest BCUT2D eigenvalue weighted by molar-refractivity contribution is -0.122. The number of halogens is 2. The summed E-state index contributed by atoms with van der Waals surface area (Å²) in [6.45, 7) is 4.46. The van der Waals surface area contributed by atoms with E-state index in [9.17, 15) is 14.4 Å². The molecule has 4 amide bonds. The Balaban J connectivity index is 1.52. The van der Waals surface area contributed by atoms with Gasteiger partial charge in [0.2, 0.25) is 0 Å². The number of methoxy groups -OCH3 is 1. The van der Waals surface area contributed by atoms with Gasteiger partial charge in [-0.15, -0.1) is 0 Å². The first-order valence-electron chi connectivity index (χ1n) is 11.5. The van der Waals surface area contributed by atoms with Crippen molar-refractivity contribution in [3.8, 4) is 17.2 Å². The zero-order chi connectivity index (χ0) is 27.4. The maximum Gasteiger partial charge on any atom is 0.335 e. The van der Waals surface area contributed by atoms with Crippen molar-refractivity contribution in [2.75, 3.05) is 25.2 Å². The molecule has 4 rings (SSSR count). The molecule has 0 saturated carbocycles. The fraction of sp³-hybridized carbons (Fsp3) is 0.179. The third-order valence-corrected chi connectivity index (χ3v) is 6.08. The van der Waals surface area contributed by atoms with Gasteiger partial charge in [-0.1, -0.05) is 29.3 Å². The minimum absolute atomic E-state index is 0.197. The topological polar surface area (TPSA) is 94.2 Å². The van der Waals surface area contributed by atoms with Gasteiger partial charge in [0, 0.05) is 5.02 Å². The number of rotatable bonds is 8. The summed E-state index contributed by atoms with van der Waals surface area (Å²) >= 11 is 12.4. The first-order valence-corrected chi connectivity index (χ1v) is 12.3. The van der Waals surface area contributed by atoms with Gasteiger partial charge in [-0.2, -0.15) is 0 Å². The Hall–Kier alpha value is -4.01. The van der Waals surface area contributed by atoms with Crippen LogP contribution in [0.1, 0.15) is 16.7 Å². The summed E-state index contributed by atoms with van der Waals surface area (Å²) in [7, 11) is 1.45. The lowest BCUT2D eigenvalue weighted by Gasteiger charge is -2.26. The summed E-state index contributed by atoms with van der Waals surface area (Å²) in [6, 6.07) is 14.3. The molecule has 1 aliphatic heterocycles. The van der Waals surface area contributed by atoms with Gasteiger partial charge in [0.1, 0.15) is 24.5 Å². The van der Waals surface area contributed by atoms with Gasteiger partial charge in [-0.3, -0.25) is 14.9 Å². The largest absolute Gasteiger partial charge is 0.493 e. The van der Waals surface area contributed by atoms with E-state index in [1.807, 2.05) is 26.0 Å². The van der Waals surface area contributed by atoms with Crippen LogP contribution in [0.3, 0.4) is 0 Å². The molecule has 0 radical (unpaired) electrons. The first-order chi connectivity index (χ1) is 18.2. The van der Waals surface area contributed by atoms with E-state index in [1.54, 1.807) is 6.07 Å². The van der Waals surface area contributed by atoms with Crippen molar-refractivity contribution in [2.45, 2.75) is 13.8 Å². The number of imide groups is 2. The smallest absolute Gasteiger partial charge is 0.335 e. The number of ether oxygens (including phenoxy) is 3. The number of amides is 4. The summed E-state index contributed by atoms with van der Waals surface area (Å²) in [5, 5.41) is 2.82. The summed E-state index contributed by atoms with van der Waals surface area (Å²) in [5.74, 6) is -0.292. The Bertz CT molecular complexity index is 1420. The highest BCUT2D eigenvalue weighted by Crippen LogP contribution is 2.37. The number of hydrogen-bond donors (Lipinski definition) is 1. The van der Waals surface area contributed by atoms with Gasteiger partial charge in [-0.05, 0) is 85.1 Å². The monoisotopic (exact) mass is 554 g/mol. The number of nitrogens with zero attached hydrogens (tertiary/aromatic N) is 1. The van der Waals surface area contributed by atoms with Crippen molar-refractivity contribution in [1.29, 1.82) is 0 Å². The molecule has 0 spiro atoms. The number of hydrogen-bond acceptors (Lipinski definition) is 6. The molecule has 1 heterocycles. The quantitative estimate of drug-likeness (QED) is 0.216. The van der Waals surface area contributed by atoms with Gasteiger partial charge >= 0.3 is 6.03 Å². The second kappa shape index (κ2) is 11.6. The summed E-state index contributed by atoms with van der Waals surface area (Å²) in [6.07, 6.45) is 1.33. The van der Waals surface area contributed by atoms with Crippen LogP contribution < -0.4 is 24.4 Å². The second-order valence-corrected chi connectivity index (χ2v) is 9.33. The average Bonchev–Trinajstić information content (AvgIpc) is 2.85. The first kappa shape index (κ1) is 27.0. The SMILES string of the molecule is COc1cc(/C=C2/C(=O)NC(=O)N(c3ccc(Cl)cc3)C2=O)cc(Cl)c1OCCOc1cc(C)cc(C)c1. The zero-order valence-electron chi connectivity index (χ0n) is 20.8. The van der Waals surface area contributed by atoms with Crippen molar-refractivity contribution >= 4 is 52.8 Å². The van der Waals surface area contributed by atoms with Crippen LogP contribution in [0.15, 0.2) is 60.2 Å². The number of carbonyl (C=O) groups excluding carboxylic acids is 3. The molecule has 0 unspecified atom stereocenters. The molecule has 1 N–H and O–H groups in total. The lowest BCUT2D eigenvalue weighted by atomic mass is 10.1. The van der Waals surface area contributed by atoms with Crippen LogP contribution in [0.4, 0.5) is 10.5 Å². The van der Waals surface area contributed by atoms with Crippen molar-refractivity contribution in [3.05, 3.63) is 86.9 Å².